The zero-order chi connectivity index (χ0) is 10.4. The van der Waals surface area contributed by atoms with Crippen molar-refractivity contribution in [1.82, 2.24) is 10.2 Å². The van der Waals surface area contributed by atoms with Crippen molar-refractivity contribution < 1.29 is 4.74 Å². The van der Waals surface area contributed by atoms with Gasteiger partial charge in [0.1, 0.15) is 0 Å². The van der Waals surface area contributed by atoms with Crippen LogP contribution in [0, 0.1) is 0 Å². The standard InChI is InChI=1S/C11H20N2O/c1-4-10(12-3)11(5-2)13-6-8-14-9-7-13/h4-5,10-12H,1-2,6-9H2,3H3. The minimum atomic E-state index is 0.269. The Morgan fingerprint density at radius 3 is 2.36 bits per heavy atom. The first-order valence-corrected chi connectivity index (χ1v) is 5.07. The molecule has 0 aromatic rings. The number of nitrogens with zero attached hydrogens (tertiary/aromatic N) is 1. The number of rotatable bonds is 5. The van der Waals surface area contributed by atoms with Crippen molar-refractivity contribution in [2.24, 2.45) is 0 Å². The molecule has 1 fully saturated rings. The van der Waals surface area contributed by atoms with E-state index >= 15 is 0 Å². The number of likely N-dealkylation sites (N-methyl/N-ethyl adjacent to an activating group) is 1. The second-order valence-corrected chi connectivity index (χ2v) is 3.42. The summed E-state index contributed by atoms with van der Waals surface area (Å²) in [6, 6.07) is 0.590. The molecule has 0 aromatic carbocycles. The topological polar surface area (TPSA) is 24.5 Å². The van der Waals surface area contributed by atoms with E-state index in [-0.39, 0.29) is 6.04 Å². The summed E-state index contributed by atoms with van der Waals surface area (Å²) >= 11 is 0. The molecule has 1 rings (SSSR count). The lowest BCUT2D eigenvalue weighted by atomic mass is 10.1. The molecule has 0 bridgehead atoms. The van der Waals surface area contributed by atoms with Gasteiger partial charge in [0.05, 0.1) is 13.2 Å². The molecule has 0 saturated carbocycles. The van der Waals surface area contributed by atoms with Crippen LogP contribution >= 0.6 is 0 Å². The van der Waals surface area contributed by atoms with E-state index in [1.54, 1.807) is 0 Å². The van der Waals surface area contributed by atoms with Crippen LogP contribution < -0.4 is 5.32 Å². The summed E-state index contributed by atoms with van der Waals surface area (Å²) in [6.45, 7) is 11.3. The van der Waals surface area contributed by atoms with Gasteiger partial charge in [-0.25, -0.2) is 0 Å². The van der Waals surface area contributed by atoms with Crippen LogP contribution in [0.25, 0.3) is 0 Å². The summed E-state index contributed by atoms with van der Waals surface area (Å²) in [4.78, 5) is 2.37. The molecule has 1 saturated heterocycles. The lowest BCUT2D eigenvalue weighted by Crippen LogP contribution is -2.51. The van der Waals surface area contributed by atoms with Crippen molar-refractivity contribution in [1.29, 1.82) is 0 Å². The summed E-state index contributed by atoms with van der Waals surface area (Å²) in [5, 5.41) is 3.23. The Kier molecular flexibility index (Phi) is 4.87. The van der Waals surface area contributed by atoms with Gasteiger partial charge in [0.25, 0.3) is 0 Å². The highest BCUT2D eigenvalue weighted by atomic mass is 16.5. The predicted molar refractivity (Wildman–Crippen MR) is 59.4 cm³/mol. The van der Waals surface area contributed by atoms with E-state index in [0.717, 1.165) is 26.3 Å². The average molecular weight is 196 g/mol. The summed E-state index contributed by atoms with van der Waals surface area (Å²) in [6.07, 6.45) is 3.91. The molecule has 80 valence electrons. The molecule has 2 unspecified atom stereocenters. The largest absolute Gasteiger partial charge is 0.379 e. The van der Waals surface area contributed by atoms with Gasteiger partial charge in [0, 0.05) is 25.2 Å². The van der Waals surface area contributed by atoms with E-state index < -0.39 is 0 Å². The molecule has 0 amide bonds. The molecule has 0 aliphatic carbocycles. The number of ether oxygens (including phenoxy) is 1. The van der Waals surface area contributed by atoms with E-state index in [1.807, 2.05) is 19.2 Å². The molecule has 3 heteroatoms. The summed E-state index contributed by atoms with van der Waals surface area (Å²) in [5.74, 6) is 0. The lowest BCUT2D eigenvalue weighted by molar-refractivity contribution is 0.0221. The van der Waals surface area contributed by atoms with Gasteiger partial charge in [0.2, 0.25) is 0 Å². The fraction of sp³-hybridized carbons (Fsp3) is 0.636. The number of nitrogens with one attached hydrogen (secondary N) is 1. The van der Waals surface area contributed by atoms with E-state index in [1.165, 1.54) is 0 Å². The zero-order valence-electron chi connectivity index (χ0n) is 8.91. The zero-order valence-corrected chi connectivity index (χ0v) is 8.91. The van der Waals surface area contributed by atoms with Crippen LogP contribution in [-0.4, -0.2) is 50.3 Å². The quantitative estimate of drug-likeness (QED) is 0.653. The van der Waals surface area contributed by atoms with E-state index in [2.05, 4.69) is 23.4 Å². The van der Waals surface area contributed by atoms with Crippen molar-refractivity contribution in [3.05, 3.63) is 25.3 Å². The average Bonchev–Trinajstić information content (AvgIpc) is 2.27. The van der Waals surface area contributed by atoms with Crippen LogP contribution in [0.15, 0.2) is 25.3 Å². The van der Waals surface area contributed by atoms with Crippen LogP contribution in [0.1, 0.15) is 0 Å². The van der Waals surface area contributed by atoms with Crippen LogP contribution in [0.2, 0.25) is 0 Å². The van der Waals surface area contributed by atoms with E-state index in [4.69, 9.17) is 4.74 Å². The van der Waals surface area contributed by atoms with Crippen molar-refractivity contribution in [2.75, 3.05) is 33.4 Å². The van der Waals surface area contributed by atoms with Gasteiger partial charge in [0.15, 0.2) is 0 Å². The Morgan fingerprint density at radius 2 is 1.93 bits per heavy atom. The maximum atomic E-state index is 5.32. The monoisotopic (exact) mass is 196 g/mol. The third-order valence-electron chi connectivity index (χ3n) is 2.66. The maximum absolute atomic E-state index is 5.32. The second-order valence-electron chi connectivity index (χ2n) is 3.42. The van der Waals surface area contributed by atoms with Gasteiger partial charge in [-0.05, 0) is 7.05 Å². The fourth-order valence-corrected chi connectivity index (χ4v) is 1.83. The van der Waals surface area contributed by atoms with Crippen LogP contribution in [0.3, 0.4) is 0 Å². The third kappa shape index (κ3) is 2.67. The van der Waals surface area contributed by atoms with Crippen LogP contribution in [0.4, 0.5) is 0 Å². The van der Waals surface area contributed by atoms with E-state index in [9.17, 15) is 0 Å². The normalized spacial score (nSPS) is 22.6. The molecule has 2 atom stereocenters. The molecule has 0 aromatic heterocycles. The van der Waals surface area contributed by atoms with Gasteiger partial charge in [-0.3, -0.25) is 4.90 Å². The lowest BCUT2D eigenvalue weighted by Gasteiger charge is -2.36. The van der Waals surface area contributed by atoms with Gasteiger partial charge in [-0.2, -0.15) is 0 Å². The molecule has 0 spiro atoms. The molecule has 3 nitrogen and oxygen atoms in total. The first-order valence-electron chi connectivity index (χ1n) is 5.07. The Hall–Kier alpha value is -0.640. The number of hydrogen-bond acceptors (Lipinski definition) is 3. The van der Waals surface area contributed by atoms with E-state index in [0.29, 0.717) is 6.04 Å². The fourth-order valence-electron chi connectivity index (χ4n) is 1.83. The molecular weight excluding hydrogens is 176 g/mol. The molecule has 14 heavy (non-hydrogen) atoms. The molecule has 1 heterocycles. The number of morpholine rings is 1. The molecule has 0 radical (unpaired) electrons. The molecular formula is C11H20N2O. The minimum absolute atomic E-state index is 0.269. The van der Waals surface area contributed by atoms with Crippen LogP contribution in [-0.2, 0) is 4.74 Å². The van der Waals surface area contributed by atoms with Crippen molar-refractivity contribution >= 4 is 0 Å². The maximum Gasteiger partial charge on any atom is 0.0594 e. The second kappa shape index (κ2) is 5.96. The van der Waals surface area contributed by atoms with Gasteiger partial charge < -0.3 is 10.1 Å². The highest BCUT2D eigenvalue weighted by Gasteiger charge is 2.23. The smallest absolute Gasteiger partial charge is 0.0594 e. The third-order valence-corrected chi connectivity index (χ3v) is 2.66. The Balaban J connectivity index is 2.58. The first-order chi connectivity index (χ1) is 6.83. The predicted octanol–water partition coefficient (Wildman–Crippen LogP) is 0.647. The molecule has 1 aliphatic rings. The summed E-state index contributed by atoms with van der Waals surface area (Å²) in [7, 11) is 1.95. The Bertz CT molecular complexity index is 188. The highest BCUT2D eigenvalue weighted by molar-refractivity contribution is 5.04. The molecule has 1 aliphatic heterocycles. The van der Waals surface area contributed by atoms with Crippen LogP contribution in [0.5, 0.6) is 0 Å². The van der Waals surface area contributed by atoms with Gasteiger partial charge >= 0.3 is 0 Å². The Morgan fingerprint density at radius 1 is 1.29 bits per heavy atom. The number of hydrogen-bond donors (Lipinski definition) is 1. The summed E-state index contributed by atoms with van der Waals surface area (Å²) in [5.41, 5.74) is 0. The van der Waals surface area contributed by atoms with Gasteiger partial charge in [-0.15, -0.1) is 13.2 Å². The first kappa shape index (κ1) is 11.4. The SMILES string of the molecule is C=CC(NC)C(C=C)N1CCOCC1. The Labute approximate surface area is 86.4 Å². The van der Waals surface area contributed by atoms with Gasteiger partial charge in [-0.1, -0.05) is 12.2 Å². The van der Waals surface area contributed by atoms with Crippen molar-refractivity contribution in [2.45, 2.75) is 12.1 Å². The minimum Gasteiger partial charge on any atom is -0.379 e. The van der Waals surface area contributed by atoms with Crippen molar-refractivity contribution in [3.8, 4) is 0 Å². The highest BCUT2D eigenvalue weighted by Crippen LogP contribution is 2.09. The van der Waals surface area contributed by atoms with Crippen molar-refractivity contribution in [3.63, 3.8) is 0 Å². The summed E-state index contributed by atoms with van der Waals surface area (Å²) < 4.78 is 5.32. The molecule has 1 N–H and O–H groups in total.